The molecule has 5 nitrogen and oxygen atoms in total. The van der Waals surface area contributed by atoms with Crippen LogP contribution in [0.25, 0.3) is 0 Å². The van der Waals surface area contributed by atoms with Crippen LogP contribution in [-0.4, -0.2) is 34.8 Å². The number of hydrogen-bond donors (Lipinski definition) is 2. The molecule has 2 amide bonds. The van der Waals surface area contributed by atoms with E-state index in [9.17, 15) is 27.2 Å². The molecule has 2 aliphatic carbocycles. The van der Waals surface area contributed by atoms with E-state index in [1.54, 1.807) is 0 Å². The average molecular weight is 441 g/mol. The van der Waals surface area contributed by atoms with Gasteiger partial charge in [-0.25, -0.2) is 4.39 Å². The van der Waals surface area contributed by atoms with Gasteiger partial charge in [0.05, 0.1) is 22.4 Å². The second-order valence-corrected chi connectivity index (χ2v) is 8.81. The van der Waals surface area contributed by atoms with Gasteiger partial charge in [-0.3, -0.25) is 14.6 Å². The van der Waals surface area contributed by atoms with Crippen LogP contribution in [0.1, 0.15) is 35.2 Å². The summed E-state index contributed by atoms with van der Waals surface area (Å²) < 4.78 is 51.7. The summed E-state index contributed by atoms with van der Waals surface area (Å²) in [4.78, 5) is 28.9. The Labute approximate surface area is 174 Å². The number of benzene rings is 1. The van der Waals surface area contributed by atoms with E-state index in [-0.39, 0.29) is 18.5 Å². The van der Waals surface area contributed by atoms with Gasteiger partial charge in [-0.05, 0) is 49.3 Å². The maximum Gasteiger partial charge on any atom is 0.416 e. The second-order valence-electron chi connectivity index (χ2n) is 7.61. The number of halogens is 4. The highest BCUT2D eigenvalue weighted by molar-refractivity contribution is 8.15. The first kappa shape index (κ1) is 20.9. The van der Waals surface area contributed by atoms with E-state index in [1.165, 1.54) is 11.8 Å². The van der Waals surface area contributed by atoms with Gasteiger partial charge >= 0.3 is 6.18 Å². The molecule has 2 N–H and O–H groups in total. The molecule has 4 atom stereocenters. The topological polar surface area (TPSA) is 70.6 Å². The van der Waals surface area contributed by atoms with E-state index in [2.05, 4.69) is 27.8 Å². The summed E-state index contributed by atoms with van der Waals surface area (Å²) in [6, 6.07) is 1.94. The molecule has 2 fully saturated rings. The molecule has 0 aromatic heterocycles. The number of rotatable bonds is 5. The second kappa shape index (κ2) is 8.05. The van der Waals surface area contributed by atoms with Crippen molar-refractivity contribution in [3.05, 3.63) is 47.3 Å². The average Bonchev–Trinajstić information content (AvgIpc) is 3.37. The third-order valence-corrected chi connectivity index (χ3v) is 6.70. The van der Waals surface area contributed by atoms with E-state index >= 15 is 0 Å². The minimum absolute atomic E-state index is 0.0779. The normalized spacial score (nSPS) is 28.9. The Morgan fingerprint density at radius 1 is 1.27 bits per heavy atom. The van der Waals surface area contributed by atoms with Crippen molar-refractivity contribution in [3.63, 3.8) is 0 Å². The van der Waals surface area contributed by atoms with Crippen molar-refractivity contribution < 1.29 is 27.2 Å². The SMILES string of the molecule is O=C(NCCC1SC(=NC2CC3C=CC2C3)NC1=O)c1ccc(C(F)(F)F)cc1F. The molecular formula is C20H19F4N3O2S. The van der Waals surface area contributed by atoms with Gasteiger partial charge in [0.2, 0.25) is 5.91 Å². The van der Waals surface area contributed by atoms with Crippen LogP contribution in [0.2, 0.25) is 0 Å². The highest BCUT2D eigenvalue weighted by atomic mass is 32.2. The third-order valence-electron chi connectivity index (χ3n) is 5.54. The summed E-state index contributed by atoms with van der Waals surface area (Å²) in [5, 5.41) is 5.36. The Morgan fingerprint density at radius 2 is 2.07 bits per heavy atom. The lowest BCUT2D eigenvalue weighted by Crippen LogP contribution is -2.31. The molecule has 2 bridgehead atoms. The molecule has 30 heavy (non-hydrogen) atoms. The first-order chi connectivity index (χ1) is 14.2. The zero-order chi connectivity index (χ0) is 21.5. The Kier molecular flexibility index (Phi) is 5.61. The maximum absolute atomic E-state index is 13.9. The number of amidine groups is 1. The first-order valence-corrected chi connectivity index (χ1v) is 10.5. The summed E-state index contributed by atoms with van der Waals surface area (Å²) in [6.07, 6.45) is 2.09. The van der Waals surface area contributed by atoms with Gasteiger partial charge in [0.1, 0.15) is 5.82 Å². The Balaban J connectivity index is 1.28. The minimum Gasteiger partial charge on any atom is -0.352 e. The third kappa shape index (κ3) is 4.38. The van der Waals surface area contributed by atoms with Crippen LogP contribution in [0.15, 0.2) is 35.3 Å². The number of hydrogen-bond acceptors (Lipinski definition) is 4. The van der Waals surface area contributed by atoms with E-state index in [0.717, 1.165) is 18.9 Å². The number of thioether (sulfide) groups is 1. The predicted octanol–water partition coefficient (Wildman–Crippen LogP) is 3.52. The van der Waals surface area contributed by atoms with E-state index in [0.29, 0.717) is 35.6 Å². The summed E-state index contributed by atoms with van der Waals surface area (Å²) in [7, 11) is 0. The lowest BCUT2D eigenvalue weighted by atomic mass is 10.0. The Hall–Kier alpha value is -2.36. The van der Waals surface area contributed by atoms with Gasteiger partial charge < -0.3 is 10.6 Å². The quantitative estimate of drug-likeness (QED) is 0.543. The van der Waals surface area contributed by atoms with Gasteiger partial charge in [-0.2, -0.15) is 13.2 Å². The number of carbonyl (C=O) groups is 2. The molecule has 1 aliphatic heterocycles. The van der Waals surface area contributed by atoms with E-state index < -0.39 is 34.3 Å². The molecule has 1 saturated carbocycles. The van der Waals surface area contributed by atoms with Gasteiger partial charge in [0, 0.05) is 6.54 Å². The van der Waals surface area contributed by atoms with Gasteiger partial charge in [-0.15, -0.1) is 0 Å². The number of carbonyl (C=O) groups excluding carboxylic acids is 2. The van der Waals surface area contributed by atoms with Gasteiger partial charge in [-0.1, -0.05) is 23.9 Å². The molecule has 4 unspecified atom stereocenters. The molecule has 4 rings (SSSR count). The van der Waals surface area contributed by atoms with Crippen molar-refractivity contribution in [2.75, 3.05) is 6.54 Å². The van der Waals surface area contributed by atoms with Crippen molar-refractivity contribution in [1.82, 2.24) is 10.6 Å². The molecule has 1 saturated heterocycles. The van der Waals surface area contributed by atoms with Crippen LogP contribution in [0, 0.1) is 17.7 Å². The fourth-order valence-electron chi connectivity index (χ4n) is 3.99. The van der Waals surface area contributed by atoms with Crippen LogP contribution in [0.3, 0.4) is 0 Å². The molecule has 160 valence electrons. The zero-order valence-electron chi connectivity index (χ0n) is 15.7. The largest absolute Gasteiger partial charge is 0.416 e. The Morgan fingerprint density at radius 3 is 2.70 bits per heavy atom. The highest BCUT2D eigenvalue weighted by Gasteiger charge is 2.37. The summed E-state index contributed by atoms with van der Waals surface area (Å²) in [5.41, 5.74) is -1.63. The van der Waals surface area contributed by atoms with Crippen LogP contribution >= 0.6 is 11.8 Å². The maximum atomic E-state index is 13.9. The van der Waals surface area contributed by atoms with E-state index in [4.69, 9.17) is 0 Å². The Bertz CT molecular complexity index is 931. The van der Waals surface area contributed by atoms with Crippen molar-refractivity contribution in [1.29, 1.82) is 0 Å². The van der Waals surface area contributed by atoms with Crippen LogP contribution in [0.4, 0.5) is 17.6 Å². The molecule has 10 heteroatoms. The summed E-state index contributed by atoms with van der Waals surface area (Å²) in [5.74, 6) is -1.27. The lowest BCUT2D eigenvalue weighted by Gasteiger charge is -2.13. The molecule has 0 spiro atoms. The van der Waals surface area contributed by atoms with Crippen molar-refractivity contribution in [3.8, 4) is 0 Å². The standard InChI is InChI=1S/C20H19F4N3O2S/c21-14-9-12(20(22,23)24)3-4-13(14)17(28)25-6-5-16-18(29)27-19(30-16)26-15-8-10-1-2-11(15)7-10/h1-4,9-11,15-16H,5-8H2,(H,25,28)(H,26,27,29). The molecule has 3 aliphatic rings. The monoisotopic (exact) mass is 441 g/mol. The highest BCUT2D eigenvalue weighted by Crippen LogP contribution is 2.41. The zero-order valence-corrected chi connectivity index (χ0v) is 16.5. The minimum atomic E-state index is -4.68. The number of nitrogens with one attached hydrogen (secondary N) is 2. The molecule has 0 radical (unpaired) electrons. The lowest BCUT2D eigenvalue weighted by molar-refractivity contribution is -0.137. The van der Waals surface area contributed by atoms with Crippen molar-refractivity contribution in [2.45, 2.75) is 36.7 Å². The fraction of sp³-hybridized carbons (Fsp3) is 0.450. The van der Waals surface area contributed by atoms with Gasteiger partial charge in [0.25, 0.3) is 5.91 Å². The summed E-state index contributed by atoms with van der Waals surface area (Å²) in [6.45, 7) is 0.0779. The molecule has 1 aromatic carbocycles. The molecular weight excluding hydrogens is 422 g/mol. The smallest absolute Gasteiger partial charge is 0.352 e. The van der Waals surface area contributed by atoms with Gasteiger partial charge in [0.15, 0.2) is 5.17 Å². The molecule has 1 heterocycles. The van der Waals surface area contributed by atoms with Crippen LogP contribution < -0.4 is 10.6 Å². The van der Waals surface area contributed by atoms with Crippen molar-refractivity contribution >= 4 is 28.7 Å². The number of alkyl halides is 3. The number of allylic oxidation sites excluding steroid dienone is 1. The van der Waals surface area contributed by atoms with Crippen molar-refractivity contribution in [2.24, 2.45) is 16.8 Å². The van der Waals surface area contributed by atoms with Crippen LogP contribution in [-0.2, 0) is 11.0 Å². The number of fused-ring (bicyclic) bond motifs is 2. The first-order valence-electron chi connectivity index (χ1n) is 9.59. The number of nitrogens with zero attached hydrogens (tertiary/aromatic N) is 1. The fourth-order valence-corrected chi connectivity index (χ4v) is 5.02. The number of aliphatic imine (C=N–C) groups is 1. The number of amides is 2. The summed E-state index contributed by atoms with van der Waals surface area (Å²) >= 11 is 1.30. The van der Waals surface area contributed by atoms with Crippen LogP contribution in [0.5, 0.6) is 0 Å². The predicted molar refractivity (Wildman–Crippen MR) is 104 cm³/mol. The molecule has 1 aromatic rings. The van der Waals surface area contributed by atoms with E-state index in [1.807, 2.05) is 0 Å².